The highest BCUT2D eigenvalue weighted by Gasteiger charge is 2.12. The zero-order valence-corrected chi connectivity index (χ0v) is 21.9. The number of aromatic hydroxyl groups is 1. The molecule has 1 aromatic rings. The number of hydrazone groups is 1. The highest BCUT2D eigenvalue weighted by Crippen LogP contribution is 2.11. The first-order valence-corrected chi connectivity index (χ1v) is 12.2. The Hall–Kier alpha value is -3.56. The molecule has 2 rings (SSSR count). The molecule has 0 amide bonds. The number of phenols is 1. The Morgan fingerprint density at radius 2 is 2.25 bits per heavy atom. The van der Waals surface area contributed by atoms with Crippen molar-refractivity contribution in [2.75, 3.05) is 45.9 Å². The fraction of sp³-hybridized carbons (Fsp3) is 0.429. The van der Waals surface area contributed by atoms with Gasteiger partial charge in [-0.15, -0.1) is 13.0 Å². The maximum absolute atomic E-state index is 9.39. The second-order valence-corrected chi connectivity index (χ2v) is 7.55. The molecule has 1 unspecified atom stereocenters. The van der Waals surface area contributed by atoms with Crippen LogP contribution in [0.4, 0.5) is 0 Å². The standard InChI is InChI=1S/C18H20N4O2.C8H16N2.C2H6/c1-2-16(18(20)22-21-11-13-24-12-10-19)8-4-3-6-15-7-5-9-17(23)14-15;1-3-5-10-6-4-9-8(2)7-10;1-2/h1,3-5,7-9,14,21,23H,6,11-13H2,(H2,20,22);3,8-9H,1,4-7H2,2H3;1-2H3/b4-3+,16-8+;;. The highest BCUT2D eigenvalue weighted by atomic mass is 16.5. The lowest BCUT2D eigenvalue weighted by molar-refractivity contribution is 0.168. The number of nitriles is 1. The number of nitrogens with zero attached hydrogens (tertiary/aromatic N) is 3. The first-order valence-electron chi connectivity index (χ1n) is 12.2. The van der Waals surface area contributed by atoms with Gasteiger partial charge in [0.25, 0.3) is 0 Å². The van der Waals surface area contributed by atoms with Crippen molar-refractivity contribution >= 4 is 5.84 Å². The van der Waals surface area contributed by atoms with Crippen molar-refractivity contribution in [1.82, 2.24) is 15.6 Å². The van der Waals surface area contributed by atoms with E-state index in [4.69, 9.17) is 22.2 Å². The van der Waals surface area contributed by atoms with Crippen molar-refractivity contribution in [2.45, 2.75) is 33.2 Å². The highest BCUT2D eigenvalue weighted by molar-refractivity contribution is 6.01. The molecule has 5 N–H and O–H groups in total. The molecule has 1 atom stereocenters. The Labute approximate surface area is 217 Å². The van der Waals surface area contributed by atoms with Crippen LogP contribution in [-0.4, -0.2) is 67.8 Å². The summed E-state index contributed by atoms with van der Waals surface area (Å²) >= 11 is 0. The molecule has 1 heterocycles. The van der Waals surface area contributed by atoms with Gasteiger partial charge in [0, 0.05) is 32.2 Å². The normalized spacial score (nSPS) is 16.0. The van der Waals surface area contributed by atoms with E-state index in [1.807, 2.05) is 38.1 Å². The molecule has 1 aliphatic rings. The molecule has 0 saturated carbocycles. The summed E-state index contributed by atoms with van der Waals surface area (Å²) in [7, 11) is 0. The van der Waals surface area contributed by atoms with Gasteiger partial charge in [-0.25, -0.2) is 0 Å². The van der Waals surface area contributed by atoms with E-state index in [-0.39, 0.29) is 18.2 Å². The lowest BCUT2D eigenvalue weighted by atomic mass is 10.1. The van der Waals surface area contributed by atoms with Crippen molar-refractivity contribution in [3.8, 4) is 24.2 Å². The van der Waals surface area contributed by atoms with Crippen LogP contribution in [0, 0.1) is 23.7 Å². The average molecular weight is 495 g/mol. The maximum Gasteiger partial charge on any atom is 0.159 e. The summed E-state index contributed by atoms with van der Waals surface area (Å²) < 4.78 is 4.96. The van der Waals surface area contributed by atoms with Gasteiger partial charge in [-0.1, -0.05) is 50.1 Å². The quantitative estimate of drug-likeness (QED) is 0.0710. The molecule has 1 aromatic carbocycles. The van der Waals surface area contributed by atoms with Crippen LogP contribution in [0.5, 0.6) is 5.75 Å². The molecule has 196 valence electrons. The number of terminal acetylenes is 1. The number of allylic oxidation sites excluding steroid dienone is 3. The van der Waals surface area contributed by atoms with E-state index in [0.717, 1.165) is 31.7 Å². The molecule has 1 fully saturated rings. The SMILES string of the molecule is C#CC(=C\C=C\Cc1cccc(O)c1)/C(N)=N/NCCOCC#N.C=CCN1CCNC(C)C1.CC. The van der Waals surface area contributed by atoms with Crippen molar-refractivity contribution in [3.05, 3.63) is 66.3 Å². The Balaban J connectivity index is 0.000000845. The summed E-state index contributed by atoms with van der Waals surface area (Å²) in [4.78, 5) is 2.41. The van der Waals surface area contributed by atoms with E-state index in [0.29, 0.717) is 31.2 Å². The van der Waals surface area contributed by atoms with Gasteiger partial charge in [0.15, 0.2) is 5.84 Å². The van der Waals surface area contributed by atoms with Crippen LogP contribution in [0.3, 0.4) is 0 Å². The maximum atomic E-state index is 9.39. The molecule has 0 aliphatic carbocycles. The van der Waals surface area contributed by atoms with E-state index in [9.17, 15) is 5.11 Å². The van der Waals surface area contributed by atoms with Gasteiger partial charge < -0.3 is 26.3 Å². The van der Waals surface area contributed by atoms with Crippen LogP contribution in [0.2, 0.25) is 0 Å². The largest absolute Gasteiger partial charge is 0.508 e. The van der Waals surface area contributed by atoms with Gasteiger partial charge in [-0.3, -0.25) is 4.90 Å². The van der Waals surface area contributed by atoms with Gasteiger partial charge in [-0.05, 0) is 37.1 Å². The number of hydrogen-bond donors (Lipinski definition) is 4. The number of hydrogen-bond acceptors (Lipinski definition) is 7. The van der Waals surface area contributed by atoms with Crippen molar-refractivity contribution in [1.29, 1.82) is 5.26 Å². The van der Waals surface area contributed by atoms with Gasteiger partial charge in [0.1, 0.15) is 12.4 Å². The van der Waals surface area contributed by atoms with E-state index in [1.54, 1.807) is 30.4 Å². The second kappa shape index (κ2) is 21.9. The predicted molar refractivity (Wildman–Crippen MR) is 149 cm³/mol. The minimum absolute atomic E-state index is 0.0420. The number of nitrogens with two attached hydrogens (primary N) is 1. The fourth-order valence-corrected chi connectivity index (χ4v) is 3.06. The summed E-state index contributed by atoms with van der Waals surface area (Å²) in [5, 5.41) is 25.0. The van der Waals surface area contributed by atoms with Gasteiger partial charge in [-0.2, -0.15) is 10.4 Å². The van der Waals surface area contributed by atoms with Gasteiger partial charge in [0.2, 0.25) is 0 Å². The molecule has 8 nitrogen and oxygen atoms in total. The zero-order chi connectivity index (χ0) is 27.0. The Morgan fingerprint density at radius 3 is 2.89 bits per heavy atom. The molecule has 1 aliphatic heterocycles. The molecule has 0 spiro atoms. The van der Waals surface area contributed by atoms with E-state index in [2.05, 4.69) is 40.2 Å². The average Bonchev–Trinajstić information content (AvgIpc) is 2.88. The number of phenolic OH excluding ortho intramolecular Hbond substituents is 1. The van der Waals surface area contributed by atoms with E-state index in [1.165, 1.54) is 0 Å². The van der Waals surface area contributed by atoms with Crippen LogP contribution in [0.15, 0.2) is 65.8 Å². The molecule has 1 saturated heterocycles. The Morgan fingerprint density at radius 1 is 1.47 bits per heavy atom. The van der Waals surface area contributed by atoms with Crippen LogP contribution in [0.25, 0.3) is 0 Å². The monoisotopic (exact) mass is 494 g/mol. The number of piperazine rings is 1. The summed E-state index contributed by atoms with van der Waals surface area (Å²) in [6.07, 6.45) is 13.4. The molecule has 36 heavy (non-hydrogen) atoms. The predicted octanol–water partition coefficient (Wildman–Crippen LogP) is 2.94. The molecule has 8 heteroatoms. The van der Waals surface area contributed by atoms with E-state index < -0.39 is 0 Å². The zero-order valence-electron chi connectivity index (χ0n) is 21.9. The first kappa shape index (κ1) is 32.4. The van der Waals surface area contributed by atoms with Crippen LogP contribution in [-0.2, 0) is 11.2 Å². The Bertz CT molecular complexity index is 911. The van der Waals surface area contributed by atoms with Crippen LogP contribution < -0.4 is 16.5 Å². The third-order valence-corrected chi connectivity index (χ3v) is 4.66. The fourth-order valence-electron chi connectivity index (χ4n) is 3.06. The molecule has 0 bridgehead atoms. The van der Waals surface area contributed by atoms with Gasteiger partial charge >= 0.3 is 0 Å². The molecular weight excluding hydrogens is 452 g/mol. The minimum Gasteiger partial charge on any atom is -0.508 e. The van der Waals surface area contributed by atoms with Crippen molar-refractivity contribution < 1.29 is 9.84 Å². The summed E-state index contributed by atoms with van der Waals surface area (Å²) in [5.41, 5.74) is 9.96. The van der Waals surface area contributed by atoms with Crippen molar-refractivity contribution in [3.63, 3.8) is 0 Å². The lowest BCUT2D eigenvalue weighted by Gasteiger charge is -2.30. The molecule has 0 radical (unpaired) electrons. The number of nitrogens with one attached hydrogen (secondary N) is 2. The van der Waals surface area contributed by atoms with Crippen molar-refractivity contribution in [2.24, 2.45) is 10.8 Å². The van der Waals surface area contributed by atoms with Crippen LogP contribution >= 0.6 is 0 Å². The summed E-state index contributed by atoms with van der Waals surface area (Å²) in [5.74, 6) is 2.90. The van der Waals surface area contributed by atoms with Crippen LogP contribution in [0.1, 0.15) is 26.3 Å². The number of rotatable bonds is 11. The summed E-state index contributed by atoms with van der Waals surface area (Å²) in [6.45, 7) is 15.2. The smallest absolute Gasteiger partial charge is 0.159 e. The topological polar surface area (TPSA) is 119 Å². The number of ether oxygens (including phenoxy) is 1. The Kier molecular flexibility index (Phi) is 19.8. The molecule has 0 aromatic heterocycles. The number of amidine groups is 1. The minimum atomic E-state index is 0.0420. The van der Waals surface area contributed by atoms with E-state index >= 15 is 0 Å². The molecular formula is C28H42N6O2. The second-order valence-electron chi connectivity index (χ2n) is 7.55. The lowest BCUT2D eigenvalue weighted by Crippen LogP contribution is -2.49. The third-order valence-electron chi connectivity index (χ3n) is 4.66. The first-order chi connectivity index (χ1) is 17.5. The number of benzene rings is 1. The van der Waals surface area contributed by atoms with Gasteiger partial charge in [0.05, 0.1) is 24.8 Å². The summed E-state index contributed by atoms with van der Waals surface area (Å²) in [6, 6.07) is 9.55. The third kappa shape index (κ3) is 16.1.